The number of nitrogens with two attached hydrogens (primary N) is 1. The maximum absolute atomic E-state index is 5.87. The Hall–Kier alpha value is -0.580. The van der Waals surface area contributed by atoms with Crippen molar-refractivity contribution in [1.82, 2.24) is 5.43 Å². The van der Waals surface area contributed by atoms with Crippen molar-refractivity contribution in [3.63, 3.8) is 0 Å². The molecule has 3 nitrogen and oxygen atoms in total. The van der Waals surface area contributed by atoms with Crippen LogP contribution in [-0.2, 0) is 6.42 Å². The number of hydrogen-bond donors (Lipinski definition) is 2. The molecule has 0 saturated heterocycles. The molecule has 0 heterocycles. The summed E-state index contributed by atoms with van der Waals surface area (Å²) in [4.78, 5) is 0. The smallest absolute Gasteiger partial charge is 0.122 e. The van der Waals surface area contributed by atoms with Crippen molar-refractivity contribution in [3.8, 4) is 5.75 Å². The fraction of sp³-hybridized carbons (Fsp3) is 0.647. The Labute approximate surface area is 136 Å². The molecule has 1 aliphatic carbocycles. The fourth-order valence-electron chi connectivity index (χ4n) is 3.57. The number of rotatable bonds is 6. The average Bonchev–Trinajstić information content (AvgIpc) is 2.52. The molecule has 0 aromatic heterocycles. The molecule has 1 aromatic carbocycles. The van der Waals surface area contributed by atoms with Crippen LogP contribution in [0.4, 0.5) is 0 Å². The van der Waals surface area contributed by atoms with Crippen LogP contribution in [0, 0.1) is 11.8 Å². The zero-order valence-electron chi connectivity index (χ0n) is 13.1. The van der Waals surface area contributed by atoms with Gasteiger partial charge in [0.05, 0.1) is 7.11 Å². The lowest BCUT2D eigenvalue weighted by Crippen LogP contribution is -2.44. The molecule has 0 spiro atoms. The first-order chi connectivity index (χ1) is 10.2. The third kappa shape index (κ3) is 4.44. The van der Waals surface area contributed by atoms with Crippen LogP contribution in [0.25, 0.3) is 0 Å². The summed E-state index contributed by atoms with van der Waals surface area (Å²) in [7, 11) is 1.73. The summed E-state index contributed by atoms with van der Waals surface area (Å²) in [5.74, 6) is 8.34. The lowest BCUT2D eigenvalue weighted by atomic mass is 9.75. The molecule has 2 rings (SSSR count). The van der Waals surface area contributed by atoms with E-state index >= 15 is 0 Å². The highest BCUT2D eigenvalue weighted by Crippen LogP contribution is 2.34. The maximum atomic E-state index is 5.87. The van der Waals surface area contributed by atoms with Gasteiger partial charge in [-0.3, -0.25) is 11.3 Å². The third-order valence-corrected chi connectivity index (χ3v) is 5.36. The van der Waals surface area contributed by atoms with Crippen molar-refractivity contribution >= 4 is 15.9 Å². The van der Waals surface area contributed by atoms with Crippen molar-refractivity contribution in [1.29, 1.82) is 0 Å². The topological polar surface area (TPSA) is 47.3 Å². The van der Waals surface area contributed by atoms with Gasteiger partial charge in [-0.2, -0.15) is 0 Å². The van der Waals surface area contributed by atoms with Crippen molar-refractivity contribution in [2.24, 2.45) is 17.7 Å². The summed E-state index contributed by atoms with van der Waals surface area (Å²) in [5.41, 5.74) is 4.28. The van der Waals surface area contributed by atoms with Crippen LogP contribution in [0.1, 0.15) is 44.6 Å². The van der Waals surface area contributed by atoms with Crippen LogP contribution >= 0.6 is 15.9 Å². The Kier molecular flexibility index (Phi) is 6.52. The van der Waals surface area contributed by atoms with Gasteiger partial charge in [-0.25, -0.2) is 0 Å². The van der Waals surface area contributed by atoms with Gasteiger partial charge in [-0.1, -0.05) is 42.1 Å². The molecule has 0 amide bonds. The quantitative estimate of drug-likeness (QED) is 0.598. The van der Waals surface area contributed by atoms with Gasteiger partial charge in [-0.05, 0) is 54.9 Å². The highest BCUT2D eigenvalue weighted by atomic mass is 79.9. The van der Waals surface area contributed by atoms with E-state index in [1.54, 1.807) is 7.11 Å². The molecule has 1 fully saturated rings. The molecule has 3 atom stereocenters. The standard InChI is InChI=1S/C17H27BrN2O/c1-3-12-5-4-6-13(9-12)16(20-19)11-14-10-15(18)7-8-17(14)21-2/h7-8,10,12-13,16,20H,3-6,9,11,19H2,1-2H3. The van der Waals surface area contributed by atoms with Crippen molar-refractivity contribution in [2.45, 2.75) is 51.5 Å². The highest BCUT2D eigenvalue weighted by Gasteiger charge is 2.27. The average molecular weight is 355 g/mol. The molecule has 1 aromatic rings. The minimum Gasteiger partial charge on any atom is -0.496 e. The van der Waals surface area contributed by atoms with E-state index in [0.717, 1.165) is 22.6 Å². The summed E-state index contributed by atoms with van der Waals surface area (Å²) in [5, 5.41) is 0. The maximum Gasteiger partial charge on any atom is 0.122 e. The Morgan fingerprint density at radius 1 is 1.43 bits per heavy atom. The Bertz CT molecular complexity index is 452. The largest absolute Gasteiger partial charge is 0.496 e. The second-order valence-corrected chi connectivity index (χ2v) is 7.05. The monoisotopic (exact) mass is 354 g/mol. The summed E-state index contributed by atoms with van der Waals surface area (Å²) >= 11 is 3.55. The zero-order valence-corrected chi connectivity index (χ0v) is 14.7. The van der Waals surface area contributed by atoms with E-state index in [1.165, 1.54) is 37.7 Å². The van der Waals surface area contributed by atoms with Gasteiger partial charge in [0.1, 0.15) is 5.75 Å². The van der Waals surface area contributed by atoms with Gasteiger partial charge < -0.3 is 4.74 Å². The Morgan fingerprint density at radius 3 is 2.90 bits per heavy atom. The number of benzene rings is 1. The summed E-state index contributed by atoms with van der Waals surface area (Å²) in [6, 6.07) is 6.50. The van der Waals surface area contributed by atoms with E-state index in [4.69, 9.17) is 10.6 Å². The summed E-state index contributed by atoms with van der Waals surface area (Å²) in [6.45, 7) is 2.30. The fourth-order valence-corrected chi connectivity index (χ4v) is 3.98. The number of halogens is 1. The number of nitrogens with one attached hydrogen (secondary N) is 1. The second-order valence-electron chi connectivity index (χ2n) is 6.13. The molecule has 3 N–H and O–H groups in total. The third-order valence-electron chi connectivity index (χ3n) is 4.87. The molecule has 4 heteroatoms. The van der Waals surface area contributed by atoms with Gasteiger partial charge in [0.15, 0.2) is 0 Å². The van der Waals surface area contributed by atoms with E-state index in [2.05, 4.69) is 34.3 Å². The van der Waals surface area contributed by atoms with Crippen molar-refractivity contribution < 1.29 is 4.74 Å². The molecule has 21 heavy (non-hydrogen) atoms. The summed E-state index contributed by atoms with van der Waals surface area (Å²) < 4.78 is 6.57. The number of ether oxygens (including phenoxy) is 1. The molecular formula is C17H27BrN2O. The molecular weight excluding hydrogens is 328 g/mol. The van der Waals surface area contributed by atoms with E-state index in [-0.39, 0.29) is 0 Å². The first kappa shape index (κ1) is 16.8. The summed E-state index contributed by atoms with van der Waals surface area (Å²) in [6.07, 6.45) is 7.49. The van der Waals surface area contributed by atoms with Crippen LogP contribution in [0.3, 0.4) is 0 Å². The highest BCUT2D eigenvalue weighted by molar-refractivity contribution is 9.10. The SMILES string of the molecule is CCC1CCCC(C(Cc2cc(Br)ccc2OC)NN)C1. The Morgan fingerprint density at radius 2 is 2.24 bits per heavy atom. The van der Waals surface area contributed by atoms with Crippen LogP contribution in [0.15, 0.2) is 22.7 Å². The molecule has 118 valence electrons. The van der Waals surface area contributed by atoms with Crippen molar-refractivity contribution in [3.05, 3.63) is 28.2 Å². The molecule has 0 radical (unpaired) electrons. The number of hydrazine groups is 1. The van der Waals surface area contributed by atoms with Gasteiger partial charge in [-0.15, -0.1) is 0 Å². The zero-order chi connectivity index (χ0) is 15.2. The molecule has 1 saturated carbocycles. The minimum atomic E-state index is 0.322. The van der Waals surface area contributed by atoms with E-state index < -0.39 is 0 Å². The molecule has 0 bridgehead atoms. The lowest BCUT2D eigenvalue weighted by Gasteiger charge is -2.34. The normalized spacial score (nSPS) is 23.8. The van der Waals surface area contributed by atoms with Gasteiger partial charge in [0.2, 0.25) is 0 Å². The van der Waals surface area contributed by atoms with Crippen LogP contribution in [0.2, 0.25) is 0 Å². The first-order valence-electron chi connectivity index (χ1n) is 7.96. The second kappa shape index (κ2) is 8.16. The van der Waals surface area contributed by atoms with E-state index in [9.17, 15) is 0 Å². The Balaban J connectivity index is 2.09. The van der Waals surface area contributed by atoms with Crippen molar-refractivity contribution in [2.75, 3.05) is 7.11 Å². The van der Waals surface area contributed by atoms with Crippen LogP contribution in [-0.4, -0.2) is 13.2 Å². The minimum absolute atomic E-state index is 0.322. The number of hydrogen-bond acceptors (Lipinski definition) is 3. The van der Waals surface area contributed by atoms with Gasteiger partial charge in [0, 0.05) is 10.5 Å². The molecule has 1 aliphatic rings. The van der Waals surface area contributed by atoms with Crippen LogP contribution < -0.4 is 16.0 Å². The first-order valence-corrected chi connectivity index (χ1v) is 8.75. The molecule has 0 aliphatic heterocycles. The van der Waals surface area contributed by atoms with Crippen LogP contribution in [0.5, 0.6) is 5.75 Å². The number of methoxy groups -OCH3 is 1. The predicted molar refractivity (Wildman–Crippen MR) is 91.2 cm³/mol. The molecule has 3 unspecified atom stereocenters. The van der Waals surface area contributed by atoms with Gasteiger partial charge >= 0.3 is 0 Å². The lowest BCUT2D eigenvalue weighted by molar-refractivity contribution is 0.207. The van der Waals surface area contributed by atoms with E-state index in [1.807, 2.05) is 12.1 Å². The van der Waals surface area contributed by atoms with Gasteiger partial charge in [0.25, 0.3) is 0 Å². The predicted octanol–water partition coefficient (Wildman–Crippen LogP) is 4.05. The van der Waals surface area contributed by atoms with E-state index in [0.29, 0.717) is 12.0 Å².